The summed E-state index contributed by atoms with van der Waals surface area (Å²) in [6, 6.07) is 7.81. The number of ether oxygens (including phenoxy) is 2. The first kappa shape index (κ1) is 25.3. The average Bonchev–Trinajstić information content (AvgIpc) is 3.52. The number of fused-ring (bicyclic) bond motifs is 2. The summed E-state index contributed by atoms with van der Waals surface area (Å²) in [5, 5.41) is 14.4. The number of alkyl halides is 2. The molecule has 2 aliphatic heterocycles. The van der Waals surface area contributed by atoms with Gasteiger partial charge in [-0.1, -0.05) is 27.5 Å². The first-order valence-corrected chi connectivity index (χ1v) is 12.8. The Balaban J connectivity index is 1.42. The summed E-state index contributed by atoms with van der Waals surface area (Å²) >= 11 is 9.37. The maximum absolute atomic E-state index is 15.3. The Morgan fingerprint density at radius 1 is 1.14 bits per heavy atom. The average molecular weight is 586 g/mol. The molecule has 1 saturated heterocycles. The van der Waals surface area contributed by atoms with E-state index in [2.05, 4.69) is 21.2 Å². The van der Waals surface area contributed by atoms with Crippen molar-refractivity contribution in [1.82, 2.24) is 10.2 Å². The minimum absolute atomic E-state index is 0.190. The number of nitrogens with zero attached hydrogens (tertiary/aromatic N) is 1. The van der Waals surface area contributed by atoms with E-state index < -0.39 is 29.7 Å². The molecule has 0 spiro atoms. The molecular formula is C25H24BrClF2N2O5. The molecule has 2 N–H and O–H groups in total. The van der Waals surface area contributed by atoms with Crippen LogP contribution >= 0.6 is 27.5 Å². The normalized spacial score (nSPS) is 17.8. The molecule has 3 heterocycles. The Bertz CT molecular complexity index is 1280. The van der Waals surface area contributed by atoms with Crippen molar-refractivity contribution in [2.45, 2.75) is 30.9 Å². The molecule has 2 aliphatic rings. The number of aliphatic hydroxyl groups excluding tert-OH is 1. The summed E-state index contributed by atoms with van der Waals surface area (Å²) in [6.45, 7) is 2.45. The van der Waals surface area contributed by atoms with Crippen molar-refractivity contribution in [1.29, 1.82) is 0 Å². The number of halogens is 4. The lowest BCUT2D eigenvalue weighted by molar-refractivity contribution is -0.151. The van der Waals surface area contributed by atoms with Gasteiger partial charge in [-0.05, 0) is 62.3 Å². The molecule has 1 amide bonds. The predicted octanol–water partition coefficient (Wildman–Crippen LogP) is 5.03. The Labute approximate surface area is 219 Å². The van der Waals surface area contributed by atoms with E-state index in [4.69, 9.17) is 25.5 Å². The summed E-state index contributed by atoms with van der Waals surface area (Å²) in [6.07, 6.45) is 0.620. The van der Waals surface area contributed by atoms with Gasteiger partial charge in [0.15, 0.2) is 17.3 Å². The van der Waals surface area contributed by atoms with Crippen LogP contribution in [0, 0.1) is 0 Å². The molecule has 3 aromatic rings. The van der Waals surface area contributed by atoms with Gasteiger partial charge < -0.3 is 29.2 Å². The fraction of sp³-hybridized carbons (Fsp3) is 0.400. The van der Waals surface area contributed by atoms with Crippen LogP contribution in [0.5, 0.6) is 11.5 Å². The molecular weight excluding hydrogens is 562 g/mol. The molecule has 1 aromatic heterocycles. The van der Waals surface area contributed by atoms with Crippen molar-refractivity contribution in [3.63, 3.8) is 0 Å². The van der Waals surface area contributed by atoms with E-state index in [1.165, 1.54) is 18.2 Å². The summed E-state index contributed by atoms with van der Waals surface area (Å²) in [4.78, 5) is 14.9. The number of carbonyl (C=O) groups excluding carboxylic acids is 1. The van der Waals surface area contributed by atoms with Crippen LogP contribution in [-0.2, 0) is 10.7 Å². The quantitative estimate of drug-likeness (QED) is 0.405. The fourth-order valence-electron chi connectivity index (χ4n) is 4.53. The third-order valence-corrected chi connectivity index (χ3v) is 7.33. The van der Waals surface area contributed by atoms with Gasteiger partial charge in [0.1, 0.15) is 24.9 Å². The van der Waals surface area contributed by atoms with E-state index in [9.17, 15) is 9.90 Å². The van der Waals surface area contributed by atoms with Crippen LogP contribution in [0.4, 0.5) is 8.78 Å². The number of hydrogen-bond acceptors (Lipinski definition) is 6. The molecule has 36 heavy (non-hydrogen) atoms. The van der Waals surface area contributed by atoms with Crippen LogP contribution in [0.1, 0.15) is 30.3 Å². The monoisotopic (exact) mass is 584 g/mol. The highest BCUT2D eigenvalue weighted by molar-refractivity contribution is 9.10. The van der Waals surface area contributed by atoms with Gasteiger partial charge in [0.2, 0.25) is 0 Å². The second kappa shape index (κ2) is 10.2. The number of hydrogen-bond donors (Lipinski definition) is 2. The molecule has 2 aromatic carbocycles. The number of rotatable bonds is 7. The number of furan rings is 1. The third kappa shape index (κ3) is 5.04. The predicted molar refractivity (Wildman–Crippen MR) is 133 cm³/mol. The second-order valence-corrected chi connectivity index (χ2v) is 10.2. The lowest BCUT2D eigenvalue weighted by Crippen LogP contribution is -2.50. The van der Waals surface area contributed by atoms with E-state index >= 15 is 8.78 Å². The Kier molecular flexibility index (Phi) is 7.13. The van der Waals surface area contributed by atoms with Crippen molar-refractivity contribution in [2.24, 2.45) is 0 Å². The molecule has 5 rings (SSSR count). The molecule has 7 nitrogen and oxygen atoms in total. The van der Waals surface area contributed by atoms with Crippen LogP contribution in [0.2, 0.25) is 5.02 Å². The maximum Gasteiger partial charge on any atom is 0.380 e. The number of amides is 1. The number of benzene rings is 2. The van der Waals surface area contributed by atoms with Crippen LogP contribution in [0.25, 0.3) is 11.0 Å². The van der Waals surface area contributed by atoms with Crippen molar-refractivity contribution in [3.05, 3.63) is 57.2 Å². The van der Waals surface area contributed by atoms with Crippen LogP contribution in [0.3, 0.4) is 0 Å². The van der Waals surface area contributed by atoms with Crippen molar-refractivity contribution >= 4 is 44.4 Å². The molecule has 0 aliphatic carbocycles. The maximum atomic E-state index is 15.3. The summed E-state index contributed by atoms with van der Waals surface area (Å²) in [5.41, 5.74) is 0.584. The largest absolute Gasteiger partial charge is 0.486 e. The van der Waals surface area contributed by atoms with E-state index in [1.54, 1.807) is 12.1 Å². The summed E-state index contributed by atoms with van der Waals surface area (Å²) in [5.74, 6) is -5.38. The lowest BCUT2D eigenvalue weighted by atomic mass is 10.00. The number of nitrogens with one attached hydrogen (secondary N) is 1. The van der Waals surface area contributed by atoms with Gasteiger partial charge in [0, 0.05) is 27.0 Å². The van der Waals surface area contributed by atoms with Gasteiger partial charge in [-0.2, -0.15) is 8.78 Å². The highest BCUT2D eigenvalue weighted by atomic mass is 79.9. The van der Waals surface area contributed by atoms with Gasteiger partial charge in [-0.25, -0.2) is 0 Å². The van der Waals surface area contributed by atoms with Gasteiger partial charge in [-0.15, -0.1) is 0 Å². The minimum Gasteiger partial charge on any atom is -0.486 e. The fourth-order valence-corrected chi connectivity index (χ4v) is 5.27. The third-order valence-electron chi connectivity index (χ3n) is 6.40. The molecule has 192 valence electrons. The molecule has 0 unspecified atom stereocenters. The number of likely N-dealkylation sites (tertiary alicyclic amines) is 1. The summed E-state index contributed by atoms with van der Waals surface area (Å²) < 4.78 is 47.5. The van der Waals surface area contributed by atoms with E-state index in [-0.39, 0.29) is 12.1 Å². The summed E-state index contributed by atoms with van der Waals surface area (Å²) in [7, 11) is 0. The smallest absolute Gasteiger partial charge is 0.380 e. The van der Waals surface area contributed by atoms with Crippen molar-refractivity contribution < 1.29 is 32.6 Å². The van der Waals surface area contributed by atoms with Crippen LogP contribution in [-0.4, -0.2) is 54.8 Å². The zero-order valence-electron chi connectivity index (χ0n) is 19.1. The van der Waals surface area contributed by atoms with Crippen LogP contribution in [0.15, 0.2) is 45.3 Å². The van der Waals surface area contributed by atoms with Crippen molar-refractivity contribution in [2.75, 3.05) is 32.8 Å². The highest BCUT2D eigenvalue weighted by Gasteiger charge is 2.46. The number of aliphatic hydroxyl groups is 1. The molecule has 0 bridgehead atoms. The molecule has 1 fully saturated rings. The Hall–Kier alpha value is -2.40. The second-order valence-electron chi connectivity index (χ2n) is 8.92. The topological polar surface area (TPSA) is 84.2 Å². The van der Waals surface area contributed by atoms with Gasteiger partial charge in [0.25, 0.3) is 5.91 Å². The minimum atomic E-state index is -3.97. The van der Waals surface area contributed by atoms with E-state index in [0.29, 0.717) is 45.2 Å². The Morgan fingerprint density at radius 2 is 1.83 bits per heavy atom. The van der Waals surface area contributed by atoms with Crippen molar-refractivity contribution in [3.8, 4) is 11.5 Å². The Morgan fingerprint density at radius 3 is 2.56 bits per heavy atom. The zero-order valence-corrected chi connectivity index (χ0v) is 21.4. The van der Waals surface area contributed by atoms with Gasteiger partial charge in [0.05, 0.1) is 6.04 Å². The molecule has 0 radical (unpaired) electrons. The molecule has 11 heteroatoms. The zero-order chi connectivity index (χ0) is 25.4. The first-order valence-electron chi connectivity index (χ1n) is 11.6. The molecule has 2 atom stereocenters. The lowest BCUT2D eigenvalue weighted by Gasteiger charge is -2.31. The van der Waals surface area contributed by atoms with E-state index in [0.717, 1.165) is 32.0 Å². The molecule has 0 saturated carbocycles. The van der Waals surface area contributed by atoms with E-state index in [1.807, 2.05) is 4.90 Å². The van der Waals surface area contributed by atoms with Gasteiger partial charge in [-0.3, -0.25) is 4.79 Å². The highest BCUT2D eigenvalue weighted by Crippen LogP contribution is 2.39. The van der Waals surface area contributed by atoms with Gasteiger partial charge >= 0.3 is 5.92 Å². The SMILES string of the molecule is O=C(N[C@H](CN1CCCC1)[C@H](O)c1cc2c(cc1Br)OCCO2)C(F)(F)c1cc2cc(Cl)ccc2o1. The van der Waals surface area contributed by atoms with Crippen LogP contribution < -0.4 is 14.8 Å². The standard InChI is InChI=1S/C25H24BrClF2N2O5/c26-17-12-21-20(34-7-8-35-21)11-16(17)23(32)18(13-31-5-1-2-6-31)30-24(33)25(28,29)22-10-14-9-15(27)3-4-19(14)36-22/h3-4,9-12,18,23,32H,1-2,5-8,13H2,(H,30,33)/t18-,23-/m1/s1. The first-order chi connectivity index (χ1) is 17.2. The number of carbonyl (C=O) groups is 1.